The SMILES string of the molecule is CC(C)C(Nc1ccc(CNC=O)c(F)c1)C(=O)O. The number of rotatable bonds is 7. The van der Waals surface area contributed by atoms with Crippen molar-refractivity contribution in [2.75, 3.05) is 5.32 Å². The normalized spacial score (nSPS) is 12.0. The van der Waals surface area contributed by atoms with Gasteiger partial charge in [-0.25, -0.2) is 9.18 Å². The van der Waals surface area contributed by atoms with Crippen molar-refractivity contribution in [3.05, 3.63) is 29.6 Å². The summed E-state index contributed by atoms with van der Waals surface area (Å²) >= 11 is 0. The molecule has 1 rings (SSSR count). The minimum atomic E-state index is -0.984. The third-order valence-electron chi connectivity index (χ3n) is 2.68. The molecule has 0 radical (unpaired) electrons. The Labute approximate surface area is 110 Å². The van der Waals surface area contributed by atoms with Gasteiger partial charge < -0.3 is 15.7 Å². The molecule has 0 aromatic heterocycles. The van der Waals surface area contributed by atoms with Crippen LogP contribution in [0, 0.1) is 11.7 Å². The van der Waals surface area contributed by atoms with Crippen LogP contribution in [0.3, 0.4) is 0 Å². The van der Waals surface area contributed by atoms with E-state index in [0.717, 1.165) is 0 Å². The predicted octanol–water partition coefficient (Wildman–Crippen LogP) is 1.59. The van der Waals surface area contributed by atoms with Gasteiger partial charge in [0.1, 0.15) is 11.9 Å². The van der Waals surface area contributed by atoms with Gasteiger partial charge in [-0.05, 0) is 18.1 Å². The van der Waals surface area contributed by atoms with E-state index in [2.05, 4.69) is 10.6 Å². The summed E-state index contributed by atoms with van der Waals surface area (Å²) in [6.45, 7) is 3.64. The van der Waals surface area contributed by atoms with Crippen molar-refractivity contribution in [3.8, 4) is 0 Å². The van der Waals surface area contributed by atoms with Crippen molar-refractivity contribution in [1.29, 1.82) is 0 Å². The molecular formula is C13H17FN2O3. The zero-order valence-corrected chi connectivity index (χ0v) is 10.8. The fourth-order valence-electron chi connectivity index (χ4n) is 1.63. The summed E-state index contributed by atoms with van der Waals surface area (Å²) in [4.78, 5) is 21.2. The summed E-state index contributed by atoms with van der Waals surface area (Å²) in [6.07, 6.45) is 0.491. The maximum absolute atomic E-state index is 13.7. The van der Waals surface area contributed by atoms with Crippen LogP contribution in [-0.4, -0.2) is 23.5 Å². The number of hydrogen-bond acceptors (Lipinski definition) is 3. The molecule has 5 nitrogen and oxygen atoms in total. The molecule has 1 atom stereocenters. The molecule has 3 N–H and O–H groups in total. The number of carboxylic acid groups (broad SMARTS) is 1. The Bertz CT molecular complexity index is 463. The molecule has 0 spiro atoms. The highest BCUT2D eigenvalue weighted by Gasteiger charge is 2.21. The molecule has 0 aliphatic carbocycles. The molecule has 0 saturated carbocycles. The molecule has 1 amide bonds. The summed E-state index contributed by atoms with van der Waals surface area (Å²) in [5.41, 5.74) is 0.738. The quantitative estimate of drug-likeness (QED) is 0.656. The van der Waals surface area contributed by atoms with E-state index in [9.17, 15) is 14.0 Å². The van der Waals surface area contributed by atoms with Gasteiger partial charge in [0.25, 0.3) is 0 Å². The second-order valence-electron chi connectivity index (χ2n) is 4.51. The monoisotopic (exact) mass is 268 g/mol. The van der Waals surface area contributed by atoms with Crippen molar-refractivity contribution in [1.82, 2.24) is 5.32 Å². The maximum atomic E-state index is 13.7. The lowest BCUT2D eigenvalue weighted by atomic mass is 10.0. The van der Waals surface area contributed by atoms with Gasteiger partial charge in [0, 0.05) is 17.8 Å². The van der Waals surface area contributed by atoms with Crippen LogP contribution in [-0.2, 0) is 16.1 Å². The van der Waals surface area contributed by atoms with Crippen molar-refractivity contribution in [2.24, 2.45) is 5.92 Å². The first-order valence-corrected chi connectivity index (χ1v) is 5.90. The molecule has 0 bridgehead atoms. The lowest BCUT2D eigenvalue weighted by Crippen LogP contribution is -2.34. The Morgan fingerprint density at radius 1 is 1.47 bits per heavy atom. The van der Waals surface area contributed by atoms with Gasteiger partial charge in [-0.15, -0.1) is 0 Å². The number of benzene rings is 1. The first kappa shape index (κ1) is 14.9. The zero-order chi connectivity index (χ0) is 14.4. The number of halogens is 1. The molecule has 0 saturated heterocycles. The van der Waals surface area contributed by atoms with E-state index >= 15 is 0 Å². The number of carbonyl (C=O) groups is 2. The molecule has 19 heavy (non-hydrogen) atoms. The number of anilines is 1. The Balaban J connectivity index is 2.82. The van der Waals surface area contributed by atoms with Crippen molar-refractivity contribution >= 4 is 18.1 Å². The van der Waals surface area contributed by atoms with Crippen LogP contribution < -0.4 is 10.6 Å². The Morgan fingerprint density at radius 2 is 2.16 bits per heavy atom. The molecular weight excluding hydrogens is 251 g/mol. The molecule has 0 aliphatic rings. The molecule has 1 unspecified atom stereocenters. The van der Waals surface area contributed by atoms with E-state index < -0.39 is 17.8 Å². The van der Waals surface area contributed by atoms with Crippen LogP contribution in [0.1, 0.15) is 19.4 Å². The topological polar surface area (TPSA) is 78.4 Å². The van der Waals surface area contributed by atoms with Crippen LogP contribution in [0.25, 0.3) is 0 Å². The Hall–Kier alpha value is -2.11. The highest BCUT2D eigenvalue weighted by Crippen LogP contribution is 2.17. The standard InChI is InChI=1S/C13H17FN2O3/c1-8(2)12(13(18)19)16-10-4-3-9(6-15-7-17)11(14)5-10/h3-5,7-8,12,16H,6H2,1-2H3,(H,15,17)(H,18,19). The third kappa shape index (κ3) is 4.24. The molecule has 0 aliphatic heterocycles. The number of carbonyl (C=O) groups excluding carboxylic acids is 1. The van der Waals surface area contributed by atoms with Gasteiger partial charge in [-0.1, -0.05) is 19.9 Å². The minimum absolute atomic E-state index is 0.0994. The lowest BCUT2D eigenvalue weighted by Gasteiger charge is -2.19. The van der Waals surface area contributed by atoms with Gasteiger partial charge in [0.15, 0.2) is 0 Å². The van der Waals surface area contributed by atoms with Crippen molar-refractivity contribution < 1.29 is 19.1 Å². The number of amides is 1. The summed E-state index contributed by atoms with van der Waals surface area (Å²) in [5, 5.41) is 14.2. The van der Waals surface area contributed by atoms with Gasteiger partial charge in [0.05, 0.1) is 0 Å². The smallest absolute Gasteiger partial charge is 0.326 e. The summed E-state index contributed by atoms with van der Waals surface area (Å²) in [6, 6.07) is 3.54. The molecule has 0 fully saturated rings. The van der Waals surface area contributed by atoms with E-state index in [0.29, 0.717) is 17.7 Å². The third-order valence-corrected chi connectivity index (χ3v) is 2.68. The zero-order valence-electron chi connectivity index (χ0n) is 10.8. The molecule has 104 valence electrons. The highest BCUT2D eigenvalue weighted by atomic mass is 19.1. The second-order valence-corrected chi connectivity index (χ2v) is 4.51. The largest absolute Gasteiger partial charge is 0.480 e. The van der Waals surface area contributed by atoms with Crippen LogP contribution in [0.2, 0.25) is 0 Å². The summed E-state index contributed by atoms with van der Waals surface area (Å²) in [5.74, 6) is -1.61. The Morgan fingerprint density at radius 3 is 2.63 bits per heavy atom. The van der Waals surface area contributed by atoms with Crippen LogP contribution >= 0.6 is 0 Å². The van der Waals surface area contributed by atoms with Crippen LogP contribution in [0.4, 0.5) is 10.1 Å². The summed E-state index contributed by atoms with van der Waals surface area (Å²) < 4.78 is 13.7. The minimum Gasteiger partial charge on any atom is -0.480 e. The molecule has 1 aromatic rings. The lowest BCUT2D eigenvalue weighted by molar-refractivity contribution is -0.138. The van der Waals surface area contributed by atoms with E-state index in [-0.39, 0.29) is 12.5 Å². The van der Waals surface area contributed by atoms with Crippen LogP contribution in [0.15, 0.2) is 18.2 Å². The van der Waals surface area contributed by atoms with E-state index in [1.165, 1.54) is 12.1 Å². The fraction of sp³-hybridized carbons (Fsp3) is 0.385. The van der Waals surface area contributed by atoms with E-state index in [1.54, 1.807) is 19.9 Å². The predicted molar refractivity (Wildman–Crippen MR) is 69.2 cm³/mol. The Kier molecular flexibility index (Phi) is 5.29. The second kappa shape index (κ2) is 6.72. The van der Waals surface area contributed by atoms with E-state index in [1.807, 2.05) is 0 Å². The highest BCUT2D eigenvalue weighted by molar-refractivity contribution is 5.77. The van der Waals surface area contributed by atoms with Crippen molar-refractivity contribution in [3.63, 3.8) is 0 Å². The van der Waals surface area contributed by atoms with Gasteiger partial charge in [-0.2, -0.15) is 0 Å². The molecule has 6 heteroatoms. The fourth-order valence-corrected chi connectivity index (χ4v) is 1.63. The van der Waals surface area contributed by atoms with Gasteiger partial charge >= 0.3 is 5.97 Å². The number of hydrogen-bond donors (Lipinski definition) is 3. The average Bonchev–Trinajstić information content (AvgIpc) is 2.34. The molecule has 0 heterocycles. The van der Waals surface area contributed by atoms with Crippen molar-refractivity contribution in [2.45, 2.75) is 26.4 Å². The summed E-state index contributed by atoms with van der Waals surface area (Å²) in [7, 11) is 0. The van der Waals surface area contributed by atoms with Crippen LogP contribution in [0.5, 0.6) is 0 Å². The average molecular weight is 268 g/mol. The first-order chi connectivity index (χ1) is 8.95. The number of nitrogens with one attached hydrogen (secondary N) is 2. The number of aliphatic carboxylic acids is 1. The van der Waals surface area contributed by atoms with Gasteiger partial charge in [-0.3, -0.25) is 4.79 Å². The molecule has 1 aromatic carbocycles. The van der Waals surface area contributed by atoms with E-state index in [4.69, 9.17) is 5.11 Å². The van der Waals surface area contributed by atoms with Gasteiger partial charge in [0.2, 0.25) is 6.41 Å². The first-order valence-electron chi connectivity index (χ1n) is 5.90. The number of carboxylic acids is 1. The maximum Gasteiger partial charge on any atom is 0.326 e.